The molecule has 4 nitrogen and oxygen atoms in total. The van der Waals surface area contributed by atoms with E-state index in [2.05, 4.69) is 4.98 Å². The summed E-state index contributed by atoms with van der Waals surface area (Å²) < 4.78 is 28.8. The molecular weight excluding hydrogens is 288 g/mol. The molecular formula is C13H14ClF2N3O. The molecule has 1 atom stereocenters. The lowest BCUT2D eigenvalue weighted by atomic mass is 10.0. The number of primary amides is 1. The molecule has 1 aromatic carbocycles. The molecule has 20 heavy (non-hydrogen) atoms. The van der Waals surface area contributed by atoms with Crippen molar-refractivity contribution in [1.29, 1.82) is 0 Å². The van der Waals surface area contributed by atoms with E-state index in [4.69, 9.17) is 17.3 Å². The van der Waals surface area contributed by atoms with Gasteiger partial charge in [-0.3, -0.25) is 4.79 Å². The van der Waals surface area contributed by atoms with Gasteiger partial charge >= 0.3 is 0 Å². The number of imidazole rings is 1. The Bertz CT molecular complexity index is 694. The van der Waals surface area contributed by atoms with E-state index in [0.717, 1.165) is 6.07 Å². The number of hydrogen-bond donors (Lipinski definition) is 1. The van der Waals surface area contributed by atoms with Crippen molar-refractivity contribution in [2.45, 2.75) is 31.7 Å². The molecule has 2 aromatic rings. The van der Waals surface area contributed by atoms with Gasteiger partial charge in [0.2, 0.25) is 5.91 Å². The van der Waals surface area contributed by atoms with E-state index >= 15 is 0 Å². The second-order valence-electron chi connectivity index (χ2n) is 5.07. The molecule has 2 N–H and O–H groups in total. The van der Waals surface area contributed by atoms with Gasteiger partial charge in [0.25, 0.3) is 0 Å². The molecule has 0 aliphatic carbocycles. The van der Waals surface area contributed by atoms with Crippen molar-refractivity contribution in [3.05, 3.63) is 29.6 Å². The summed E-state index contributed by atoms with van der Waals surface area (Å²) in [4.78, 5) is 15.8. The van der Waals surface area contributed by atoms with Gasteiger partial charge in [-0.25, -0.2) is 13.8 Å². The highest BCUT2D eigenvalue weighted by atomic mass is 35.5. The van der Waals surface area contributed by atoms with Crippen LogP contribution in [0.1, 0.15) is 32.0 Å². The monoisotopic (exact) mass is 301 g/mol. The first-order valence-corrected chi connectivity index (χ1v) is 6.42. The number of carbonyl (C=O) groups excluding carboxylic acids is 1. The molecule has 0 spiro atoms. The van der Waals surface area contributed by atoms with Crippen LogP contribution in [-0.4, -0.2) is 15.5 Å². The van der Waals surface area contributed by atoms with Crippen molar-refractivity contribution >= 4 is 28.5 Å². The summed E-state index contributed by atoms with van der Waals surface area (Å²) in [5, 5.41) is -0.594. The van der Waals surface area contributed by atoms with Crippen molar-refractivity contribution < 1.29 is 13.6 Å². The van der Waals surface area contributed by atoms with E-state index in [0.29, 0.717) is 0 Å². The Morgan fingerprint density at radius 2 is 2.05 bits per heavy atom. The SMILES string of the molecule is CC(Cl)c1nc2ccc(F)c(F)c2n1C(C)(C)C(N)=O. The Hall–Kier alpha value is -1.69. The number of hydrogen-bond acceptors (Lipinski definition) is 2. The van der Waals surface area contributed by atoms with Gasteiger partial charge in [0.15, 0.2) is 11.6 Å². The molecule has 0 fully saturated rings. The van der Waals surface area contributed by atoms with Gasteiger partial charge in [-0.05, 0) is 32.9 Å². The first-order chi connectivity index (χ1) is 9.17. The highest BCUT2D eigenvalue weighted by molar-refractivity contribution is 6.20. The summed E-state index contributed by atoms with van der Waals surface area (Å²) in [7, 11) is 0. The third-order valence-electron chi connectivity index (χ3n) is 3.25. The number of aromatic nitrogens is 2. The Labute approximate surface area is 119 Å². The van der Waals surface area contributed by atoms with Gasteiger partial charge in [0.05, 0.1) is 10.9 Å². The Morgan fingerprint density at radius 3 is 2.55 bits per heavy atom. The molecule has 0 radical (unpaired) electrons. The first kappa shape index (κ1) is 14.7. The minimum Gasteiger partial charge on any atom is -0.368 e. The topological polar surface area (TPSA) is 60.9 Å². The predicted molar refractivity (Wildman–Crippen MR) is 72.4 cm³/mol. The highest BCUT2D eigenvalue weighted by Crippen LogP contribution is 2.32. The first-order valence-electron chi connectivity index (χ1n) is 5.98. The fraction of sp³-hybridized carbons (Fsp3) is 0.385. The molecule has 1 heterocycles. The summed E-state index contributed by atoms with van der Waals surface area (Å²) in [5.41, 5.74) is 4.18. The molecule has 108 valence electrons. The van der Waals surface area contributed by atoms with Crippen LogP contribution in [0.3, 0.4) is 0 Å². The molecule has 1 unspecified atom stereocenters. The fourth-order valence-electron chi connectivity index (χ4n) is 2.06. The van der Waals surface area contributed by atoms with Gasteiger partial charge < -0.3 is 10.3 Å². The quantitative estimate of drug-likeness (QED) is 0.886. The van der Waals surface area contributed by atoms with Crippen molar-refractivity contribution in [1.82, 2.24) is 9.55 Å². The summed E-state index contributed by atoms with van der Waals surface area (Å²) >= 11 is 6.03. The molecule has 0 aliphatic rings. The van der Waals surface area contributed by atoms with Gasteiger partial charge in [-0.1, -0.05) is 0 Å². The molecule has 0 bridgehead atoms. The number of halogens is 3. The van der Waals surface area contributed by atoms with Gasteiger partial charge in [-0.2, -0.15) is 0 Å². The number of rotatable bonds is 3. The van der Waals surface area contributed by atoms with E-state index in [9.17, 15) is 13.6 Å². The molecule has 0 saturated carbocycles. The second kappa shape index (κ2) is 4.70. The van der Waals surface area contributed by atoms with E-state index in [1.165, 1.54) is 24.5 Å². The minimum atomic E-state index is -1.29. The van der Waals surface area contributed by atoms with Crippen LogP contribution >= 0.6 is 11.6 Å². The summed E-state index contributed by atoms with van der Waals surface area (Å²) in [6, 6.07) is 2.32. The predicted octanol–water partition coefficient (Wildman–Crippen LogP) is 2.83. The van der Waals surface area contributed by atoms with Crippen LogP contribution in [0, 0.1) is 11.6 Å². The van der Waals surface area contributed by atoms with Crippen LogP contribution < -0.4 is 5.73 Å². The lowest BCUT2D eigenvalue weighted by Crippen LogP contribution is -2.42. The lowest BCUT2D eigenvalue weighted by Gasteiger charge is -2.26. The zero-order chi connectivity index (χ0) is 15.2. The molecule has 1 amide bonds. The van der Waals surface area contributed by atoms with Gasteiger partial charge in [-0.15, -0.1) is 11.6 Å². The maximum absolute atomic E-state index is 14.1. The zero-order valence-corrected chi connectivity index (χ0v) is 12.0. The van der Waals surface area contributed by atoms with Crippen LogP contribution in [0.4, 0.5) is 8.78 Å². The van der Waals surface area contributed by atoms with Crippen molar-refractivity contribution in [3.63, 3.8) is 0 Å². The normalized spacial score (nSPS) is 13.7. The van der Waals surface area contributed by atoms with Crippen LogP contribution in [0.25, 0.3) is 11.0 Å². The smallest absolute Gasteiger partial charge is 0.243 e. The third kappa shape index (κ3) is 2.04. The number of nitrogens with zero attached hydrogens (tertiary/aromatic N) is 2. The summed E-state index contributed by atoms with van der Waals surface area (Å²) in [6.07, 6.45) is 0. The van der Waals surface area contributed by atoms with Crippen LogP contribution in [0.2, 0.25) is 0 Å². The van der Waals surface area contributed by atoms with E-state index < -0.39 is 28.5 Å². The largest absolute Gasteiger partial charge is 0.368 e. The highest BCUT2D eigenvalue weighted by Gasteiger charge is 2.34. The number of nitrogens with two attached hydrogens (primary N) is 1. The molecule has 7 heteroatoms. The van der Waals surface area contributed by atoms with E-state index in [1.54, 1.807) is 6.92 Å². The Morgan fingerprint density at radius 1 is 1.45 bits per heavy atom. The Kier molecular flexibility index (Phi) is 3.46. The number of alkyl halides is 1. The number of fused-ring (bicyclic) bond motifs is 1. The number of amides is 1. The van der Waals surface area contributed by atoms with Crippen LogP contribution in [0.5, 0.6) is 0 Å². The van der Waals surface area contributed by atoms with Gasteiger partial charge in [0.1, 0.15) is 16.9 Å². The molecule has 1 aromatic heterocycles. The summed E-state index contributed by atoms with van der Waals surface area (Å²) in [5.74, 6) is -2.53. The average Bonchev–Trinajstić information content (AvgIpc) is 2.74. The maximum Gasteiger partial charge on any atom is 0.243 e. The van der Waals surface area contributed by atoms with Crippen molar-refractivity contribution in [2.75, 3.05) is 0 Å². The Balaban J connectivity index is 2.95. The number of benzene rings is 1. The van der Waals surface area contributed by atoms with Crippen molar-refractivity contribution in [3.8, 4) is 0 Å². The zero-order valence-electron chi connectivity index (χ0n) is 11.2. The fourth-order valence-corrected chi connectivity index (χ4v) is 2.21. The second-order valence-corrected chi connectivity index (χ2v) is 5.73. The average molecular weight is 302 g/mol. The maximum atomic E-state index is 14.1. The number of carbonyl (C=O) groups is 1. The van der Waals surface area contributed by atoms with Crippen LogP contribution in [0.15, 0.2) is 12.1 Å². The third-order valence-corrected chi connectivity index (χ3v) is 3.45. The van der Waals surface area contributed by atoms with Crippen molar-refractivity contribution in [2.24, 2.45) is 5.73 Å². The molecule has 2 rings (SSSR count). The standard InChI is InChI=1S/C13H14ClF2N3O/c1-6(14)11-18-8-5-4-7(15)9(16)10(8)19(11)13(2,3)12(17)20/h4-6H,1-3H3,(H2,17,20). The lowest BCUT2D eigenvalue weighted by molar-refractivity contribution is -0.125. The van der Waals surface area contributed by atoms with E-state index in [1.807, 2.05) is 0 Å². The van der Waals surface area contributed by atoms with E-state index in [-0.39, 0.29) is 16.9 Å². The minimum absolute atomic E-state index is 0.115. The molecule has 0 aliphatic heterocycles. The van der Waals surface area contributed by atoms with Gasteiger partial charge in [0, 0.05) is 0 Å². The van der Waals surface area contributed by atoms with Crippen LogP contribution in [-0.2, 0) is 10.3 Å². The summed E-state index contributed by atoms with van der Waals surface area (Å²) in [6.45, 7) is 4.64. The molecule has 0 saturated heterocycles.